The van der Waals surface area contributed by atoms with E-state index < -0.39 is 31.0 Å². The molecule has 3 N–H and O–H groups in total. The van der Waals surface area contributed by atoms with Crippen LogP contribution >= 0.6 is 12.4 Å². The van der Waals surface area contributed by atoms with Crippen molar-refractivity contribution in [2.75, 3.05) is 20.2 Å². The van der Waals surface area contributed by atoms with Crippen LogP contribution in [0.25, 0.3) is 0 Å². The predicted octanol–water partition coefficient (Wildman–Crippen LogP) is 1.73. The third-order valence-electron chi connectivity index (χ3n) is 2.82. The lowest BCUT2D eigenvalue weighted by Crippen LogP contribution is -2.44. The zero-order chi connectivity index (χ0) is 15.9. The quantitative estimate of drug-likeness (QED) is 0.757. The molecule has 8 heteroatoms. The number of benzene rings is 1. The molecule has 0 aliphatic heterocycles. The third-order valence-corrected chi connectivity index (χ3v) is 2.82. The van der Waals surface area contributed by atoms with E-state index in [0.717, 1.165) is 5.56 Å². The Kier molecular flexibility index (Phi) is 8.93. The van der Waals surface area contributed by atoms with Crippen LogP contribution in [-0.2, 0) is 16.1 Å². The Labute approximate surface area is 134 Å². The largest absolute Gasteiger partial charge is 0.497 e. The van der Waals surface area contributed by atoms with Crippen molar-refractivity contribution in [1.82, 2.24) is 5.32 Å². The number of hydrogen-bond acceptors (Lipinski definition) is 4. The number of nitrogens with two attached hydrogens (primary N) is 1. The molecule has 126 valence electrons. The number of carbonyl (C=O) groups excluding carboxylic acids is 1. The molecule has 0 aromatic heterocycles. The second kappa shape index (κ2) is 9.55. The van der Waals surface area contributed by atoms with Gasteiger partial charge in [0.1, 0.15) is 11.9 Å². The summed E-state index contributed by atoms with van der Waals surface area (Å²) >= 11 is 0. The lowest BCUT2D eigenvalue weighted by Gasteiger charge is -2.17. The molecule has 0 saturated heterocycles. The van der Waals surface area contributed by atoms with Crippen LogP contribution < -0.4 is 15.8 Å². The summed E-state index contributed by atoms with van der Waals surface area (Å²) in [6.07, 6.45) is -0.843. The second-order valence-electron chi connectivity index (χ2n) is 4.58. The van der Waals surface area contributed by atoms with Gasteiger partial charge in [-0.3, -0.25) is 4.79 Å². The Morgan fingerprint density at radius 3 is 2.73 bits per heavy atom. The van der Waals surface area contributed by atoms with Crippen LogP contribution in [0.5, 0.6) is 5.75 Å². The van der Waals surface area contributed by atoms with Gasteiger partial charge >= 0.3 is 0 Å². The maximum absolute atomic E-state index is 12.9. The summed E-state index contributed by atoms with van der Waals surface area (Å²) in [4.78, 5) is 11.6. The van der Waals surface area contributed by atoms with Gasteiger partial charge in [-0.05, 0) is 24.6 Å². The topological polar surface area (TPSA) is 73.6 Å². The molecule has 0 aliphatic rings. The normalized spacial score (nSPS) is 12.2. The molecule has 5 nitrogen and oxygen atoms in total. The van der Waals surface area contributed by atoms with E-state index in [2.05, 4.69) is 5.32 Å². The summed E-state index contributed by atoms with van der Waals surface area (Å²) in [5.74, 6) is -3.04. The third kappa shape index (κ3) is 7.02. The first kappa shape index (κ1) is 20.6. The Bertz CT molecular complexity index is 475. The lowest BCUT2D eigenvalue weighted by atomic mass is 10.2. The molecule has 0 aliphatic carbocycles. The number of nitrogens with one attached hydrogen (secondary N) is 1. The molecule has 0 bridgehead atoms. The van der Waals surface area contributed by atoms with E-state index in [0.29, 0.717) is 5.75 Å². The van der Waals surface area contributed by atoms with Crippen LogP contribution in [-0.4, -0.2) is 38.1 Å². The van der Waals surface area contributed by atoms with Crippen LogP contribution in [0, 0.1) is 0 Å². The van der Waals surface area contributed by atoms with E-state index >= 15 is 0 Å². The Balaban J connectivity index is 0.00000441. The summed E-state index contributed by atoms with van der Waals surface area (Å²) < 4.78 is 36.2. The van der Waals surface area contributed by atoms with E-state index in [4.69, 9.17) is 15.2 Å². The van der Waals surface area contributed by atoms with Crippen molar-refractivity contribution in [1.29, 1.82) is 0 Å². The van der Waals surface area contributed by atoms with Crippen LogP contribution in [0.15, 0.2) is 24.3 Å². The minimum atomic E-state index is -3.11. The molecule has 1 atom stereocenters. The van der Waals surface area contributed by atoms with Crippen LogP contribution in [0.2, 0.25) is 0 Å². The zero-order valence-corrected chi connectivity index (χ0v) is 13.3. The van der Waals surface area contributed by atoms with Gasteiger partial charge in [0.15, 0.2) is 0 Å². The van der Waals surface area contributed by atoms with Gasteiger partial charge in [-0.15, -0.1) is 12.4 Å². The molecular formula is C14H21ClF2N2O3. The average molecular weight is 339 g/mol. The number of methoxy groups -OCH3 is 1. The van der Waals surface area contributed by atoms with E-state index in [1.807, 2.05) is 6.07 Å². The van der Waals surface area contributed by atoms with Crippen molar-refractivity contribution in [3.8, 4) is 5.75 Å². The highest BCUT2D eigenvalue weighted by Gasteiger charge is 2.28. The second-order valence-corrected chi connectivity index (χ2v) is 4.58. The fourth-order valence-corrected chi connectivity index (χ4v) is 1.49. The van der Waals surface area contributed by atoms with Crippen molar-refractivity contribution < 1.29 is 23.0 Å². The van der Waals surface area contributed by atoms with E-state index in [9.17, 15) is 13.6 Å². The number of ether oxygens (including phenoxy) is 2. The molecule has 1 amide bonds. The van der Waals surface area contributed by atoms with Gasteiger partial charge in [-0.1, -0.05) is 12.1 Å². The highest BCUT2D eigenvalue weighted by Crippen LogP contribution is 2.14. The van der Waals surface area contributed by atoms with Gasteiger partial charge < -0.3 is 20.5 Å². The summed E-state index contributed by atoms with van der Waals surface area (Å²) in [6, 6.07) is 7.17. The predicted molar refractivity (Wildman–Crippen MR) is 81.5 cm³/mol. The zero-order valence-electron chi connectivity index (χ0n) is 12.5. The fourth-order valence-electron chi connectivity index (χ4n) is 1.49. The number of hydrogen-bond donors (Lipinski definition) is 2. The smallest absolute Gasteiger partial charge is 0.277 e. The van der Waals surface area contributed by atoms with Crippen LogP contribution in [0.3, 0.4) is 0 Å². The highest BCUT2D eigenvalue weighted by atomic mass is 35.5. The van der Waals surface area contributed by atoms with Gasteiger partial charge in [0.2, 0.25) is 5.91 Å². The van der Waals surface area contributed by atoms with Crippen LogP contribution in [0.4, 0.5) is 8.78 Å². The number of rotatable bonds is 8. The van der Waals surface area contributed by atoms with Crippen molar-refractivity contribution in [2.24, 2.45) is 5.73 Å². The maximum atomic E-state index is 12.9. The van der Waals surface area contributed by atoms with Gasteiger partial charge in [0.25, 0.3) is 5.92 Å². The molecule has 0 fully saturated rings. The molecule has 1 aromatic rings. The summed E-state index contributed by atoms with van der Waals surface area (Å²) in [7, 11) is 1.55. The number of halogens is 3. The summed E-state index contributed by atoms with van der Waals surface area (Å²) in [5, 5.41) is 2.11. The molecule has 1 rings (SSSR count). The molecular weight excluding hydrogens is 318 g/mol. The average Bonchev–Trinajstić information content (AvgIpc) is 2.50. The maximum Gasteiger partial charge on any atom is 0.277 e. The SMILES string of the molecule is COc1cccc(COC(C)C(=O)NCC(F)(F)CN)c1.Cl. The van der Waals surface area contributed by atoms with Gasteiger partial charge in [0, 0.05) is 0 Å². The van der Waals surface area contributed by atoms with E-state index in [1.54, 1.807) is 25.3 Å². The molecule has 1 aromatic carbocycles. The first-order valence-corrected chi connectivity index (χ1v) is 6.48. The molecule has 22 heavy (non-hydrogen) atoms. The Morgan fingerprint density at radius 1 is 1.45 bits per heavy atom. The summed E-state index contributed by atoms with van der Waals surface area (Å²) in [5.41, 5.74) is 5.71. The number of amides is 1. The summed E-state index contributed by atoms with van der Waals surface area (Å²) in [6.45, 7) is 0.0662. The van der Waals surface area contributed by atoms with E-state index in [1.165, 1.54) is 6.92 Å². The van der Waals surface area contributed by atoms with Crippen molar-refractivity contribution in [3.05, 3.63) is 29.8 Å². The minimum absolute atomic E-state index is 0. The Morgan fingerprint density at radius 2 is 2.14 bits per heavy atom. The van der Waals surface area contributed by atoms with Gasteiger partial charge in [-0.2, -0.15) is 0 Å². The first-order valence-electron chi connectivity index (χ1n) is 6.48. The van der Waals surface area contributed by atoms with Crippen molar-refractivity contribution in [3.63, 3.8) is 0 Å². The van der Waals surface area contributed by atoms with Crippen LogP contribution in [0.1, 0.15) is 12.5 Å². The molecule has 0 heterocycles. The van der Waals surface area contributed by atoms with Gasteiger partial charge in [0.05, 0.1) is 26.8 Å². The van der Waals surface area contributed by atoms with E-state index in [-0.39, 0.29) is 19.0 Å². The molecule has 0 spiro atoms. The highest BCUT2D eigenvalue weighted by molar-refractivity contribution is 5.85. The number of carbonyl (C=O) groups is 1. The lowest BCUT2D eigenvalue weighted by molar-refractivity contribution is -0.134. The monoisotopic (exact) mass is 338 g/mol. The molecule has 0 saturated carbocycles. The first-order chi connectivity index (χ1) is 9.88. The Hall–Kier alpha value is -1.44. The van der Waals surface area contributed by atoms with Crippen molar-refractivity contribution >= 4 is 18.3 Å². The standard InChI is InChI=1S/C14H20F2N2O3.ClH/c1-10(13(19)18-9-14(15,16)8-17)21-7-11-4-3-5-12(6-11)20-2;/h3-6,10H,7-9,17H2,1-2H3,(H,18,19);1H. The molecule has 1 unspecified atom stereocenters. The van der Waals surface area contributed by atoms with Crippen molar-refractivity contribution in [2.45, 2.75) is 25.6 Å². The number of alkyl halides is 2. The fraction of sp³-hybridized carbons (Fsp3) is 0.500. The van der Waals surface area contributed by atoms with Gasteiger partial charge in [-0.25, -0.2) is 8.78 Å². The minimum Gasteiger partial charge on any atom is -0.497 e. The molecule has 0 radical (unpaired) electrons.